The van der Waals surface area contributed by atoms with Gasteiger partial charge in [-0.3, -0.25) is 24.1 Å². The summed E-state index contributed by atoms with van der Waals surface area (Å²) in [5.41, 5.74) is -0.0719. The van der Waals surface area contributed by atoms with E-state index in [1.54, 1.807) is 36.4 Å². The number of ether oxygens (including phenoxy) is 1. The Labute approximate surface area is 328 Å². The lowest BCUT2D eigenvalue weighted by atomic mass is 9.56. The van der Waals surface area contributed by atoms with Gasteiger partial charge in [-0.25, -0.2) is 31.8 Å². The topological polar surface area (TPSA) is 130 Å². The molecule has 17 heteroatoms. The van der Waals surface area contributed by atoms with Gasteiger partial charge in [0.2, 0.25) is 23.5 Å². The molecule has 3 heterocycles. The van der Waals surface area contributed by atoms with E-state index in [2.05, 4.69) is 4.98 Å². The van der Waals surface area contributed by atoms with Crippen LogP contribution in [0.5, 0.6) is 11.5 Å². The van der Waals surface area contributed by atoms with Crippen LogP contribution in [0.25, 0.3) is 22.6 Å². The molecule has 0 bridgehead atoms. The lowest BCUT2D eigenvalue weighted by Crippen LogP contribution is -2.60. The van der Waals surface area contributed by atoms with Crippen LogP contribution in [0, 0.1) is 46.8 Å². The number of anilines is 2. The Morgan fingerprint density at radius 1 is 0.807 bits per heavy atom. The molecule has 1 N–H and O–H groups in total. The summed E-state index contributed by atoms with van der Waals surface area (Å²) in [4.78, 5) is 57.2. The highest BCUT2D eigenvalue weighted by molar-refractivity contribution is 6.58. The second-order valence-corrected chi connectivity index (χ2v) is 15.4. The summed E-state index contributed by atoms with van der Waals surface area (Å²) in [6, 6.07) is 17.4. The molecule has 57 heavy (non-hydrogen) atoms. The van der Waals surface area contributed by atoms with Crippen molar-refractivity contribution in [2.75, 3.05) is 16.9 Å². The highest BCUT2D eigenvalue weighted by Gasteiger charge is 2.77. The number of nitrogens with zero attached hydrogens (tertiary/aromatic N) is 3. The Hall–Kier alpha value is -5.80. The second-order valence-electron chi connectivity index (χ2n) is 14.1. The molecule has 6 unspecified atom stereocenters. The third-order valence-corrected chi connectivity index (χ3v) is 12.9. The molecule has 0 spiro atoms. The fourth-order valence-corrected chi connectivity index (χ4v) is 9.81. The van der Waals surface area contributed by atoms with Crippen molar-refractivity contribution in [3.8, 4) is 23.0 Å². The fourth-order valence-electron chi connectivity index (χ4n) is 8.89. The van der Waals surface area contributed by atoms with Gasteiger partial charge in [0, 0.05) is 17.0 Å². The number of phenolic OH excluding ortho intramolecular Hbond substituents is 1. The van der Waals surface area contributed by atoms with E-state index in [1.165, 1.54) is 43.5 Å². The van der Waals surface area contributed by atoms with E-state index in [0.717, 1.165) is 4.90 Å². The average Bonchev–Trinajstić information content (AvgIpc) is 3.80. The number of para-hydroxylation sites is 2. The Morgan fingerprint density at radius 3 is 2.14 bits per heavy atom. The fraction of sp³-hybridized carbons (Fsp3) is 0.225. The highest BCUT2D eigenvalue weighted by Crippen LogP contribution is 2.67. The highest BCUT2D eigenvalue weighted by atomic mass is 35.5. The molecule has 0 radical (unpaired) electrons. The van der Waals surface area contributed by atoms with Crippen LogP contribution in [-0.2, 0) is 19.2 Å². The van der Waals surface area contributed by atoms with Gasteiger partial charge in [-0.1, -0.05) is 29.8 Å². The quantitative estimate of drug-likeness (QED) is 0.0478. The molecule has 2 aliphatic carbocycles. The maximum absolute atomic E-state index is 15.4. The molecular weight excluding hydrogens is 800 g/mol. The van der Waals surface area contributed by atoms with Crippen LogP contribution in [0.3, 0.4) is 0 Å². The maximum atomic E-state index is 15.4. The van der Waals surface area contributed by atoms with Gasteiger partial charge in [0.25, 0.3) is 11.8 Å². The molecule has 4 amide bonds. The van der Waals surface area contributed by atoms with E-state index in [1.807, 2.05) is 0 Å². The standard InChI is InChI=1S/C40H24Cl2F5N3O7/c1-56-24-8-4-6-22(51)26(24)27-18-13-14-19-25(36(53)49(35(19)52)17-11-9-16(10-12-17)34-48-21-5-2-3-7-23(21)57-34)20(18)15-39(41)37(54)50(38(55)40(27,39)42)33-31(46)29(44)28(43)30(45)32(33)47/h2-13,19-20,25,27,51H,14-15H2,1H3. The van der Waals surface area contributed by atoms with Gasteiger partial charge in [0.1, 0.15) is 22.7 Å². The minimum atomic E-state index is -2.83. The molecule has 10 nitrogen and oxygen atoms in total. The van der Waals surface area contributed by atoms with Gasteiger partial charge < -0.3 is 14.3 Å². The Kier molecular flexibility index (Phi) is 8.14. The molecule has 9 rings (SSSR count). The van der Waals surface area contributed by atoms with Crippen molar-refractivity contribution >= 4 is 69.3 Å². The normalized spacial score (nSPS) is 26.8. The molecule has 4 aliphatic rings. The van der Waals surface area contributed by atoms with Crippen molar-refractivity contribution in [2.45, 2.75) is 28.5 Å². The molecule has 1 aromatic heterocycles. The summed E-state index contributed by atoms with van der Waals surface area (Å²) >= 11 is 14.4. The van der Waals surface area contributed by atoms with Crippen LogP contribution in [0.4, 0.5) is 33.3 Å². The lowest BCUT2D eigenvalue weighted by Gasteiger charge is -2.50. The number of benzene rings is 4. The van der Waals surface area contributed by atoms with E-state index >= 15 is 8.78 Å². The number of carbonyl (C=O) groups excluding carboxylic acids is 4. The first-order valence-corrected chi connectivity index (χ1v) is 18.1. The number of allylic oxidation sites excluding steroid dienone is 2. The van der Waals surface area contributed by atoms with Crippen molar-refractivity contribution in [3.63, 3.8) is 0 Å². The van der Waals surface area contributed by atoms with Crippen LogP contribution >= 0.6 is 23.2 Å². The minimum absolute atomic E-state index is 0.0906. The Bertz CT molecular complexity index is 2610. The SMILES string of the molecule is COc1cccc(O)c1C1C2=CCC3C(=O)N(c4ccc(-c5nc6ccccc6o5)cc4)C(=O)C3C2CC2(Cl)C(=O)N(c3c(F)c(F)c(F)c(F)c3F)C(=O)C12Cl. The first kappa shape index (κ1) is 36.8. The number of halogens is 7. The van der Waals surface area contributed by atoms with Crippen LogP contribution in [0.1, 0.15) is 24.3 Å². The Balaban J connectivity index is 1.16. The predicted octanol–water partition coefficient (Wildman–Crippen LogP) is 7.67. The molecule has 6 atom stereocenters. The number of phenols is 1. The molecule has 2 aliphatic heterocycles. The summed E-state index contributed by atoms with van der Waals surface area (Å²) in [7, 11) is 1.22. The van der Waals surface area contributed by atoms with E-state index in [0.29, 0.717) is 22.6 Å². The summed E-state index contributed by atoms with van der Waals surface area (Å²) in [5, 5.41) is 11.3. The second kappa shape index (κ2) is 12.6. The van der Waals surface area contributed by atoms with Gasteiger partial charge in [-0.15, -0.1) is 23.2 Å². The van der Waals surface area contributed by atoms with E-state index in [4.69, 9.17) is 32.4 Å². The van der Waals surface area contributed by atoms with Crippen LogP contribution in [0.2, 0.25) is 0 Å². The largest absolute Gasteiger partial charge is 0.508 e. The summed E-state index contributed by atoms with van der Waals surface area (Å²) in [6.07, 6.45) is 0.709. The maximum Gasteiger partial charge on any atom is 0.258 e. The Morgan fingerprint density at radius 2 is 1.47 bits per heavy atom. The van der Waals surface area contributed by atoms with Crippen molar-refractivity contribution in [1.82, 2.24) is 4.98 Å². The number of aromatic hydroxyl groups is 1. The van der Waals surface area contributed by atoms with Crippen molar-refractivity contribution in [1.29, 1.82) is 0 Å². The number of hydrogen-bond acceptors (Lipinski definition) is 8. The number of rotatable bonds is 5. The van der Waals surface area contributed by atoms with Gasteiger partial charge in [-0.05, 0) is 67.3 Å². The molecule has 2 saturated heterocycles. The third-order valence-electron chi connectivity index (χ3n) is 11.4. The van der Waals surface area contributed by atoms with Gasteiger partial charge in [0.05, 0.1) is 24.6 Å². The number of alkyl halides is 2. The van der Waals surface area contributed by atoms with Crippen LogP contribution < -0.4 is 14.5 Å². The number of fused-ring (bicyclic) bond motifs is 5. The lowest BCUT2D eigenvalue weighted by molar-refractivity contribution is -0.125. The number of hydrogen-bond donors (Lipinski definition) is 1. The summed E-state index contributed by atoms with van der Waals surface area (Å²) < 4.78 is 85.3. The van der Waals surface area contributed by atoms with E-state index < -0.39 is 104 Å². The summed E-state index contributed by atoms with van der Waals surface area (Å²) in [6.45, 7) is 0. The average molecular weight is 825 g/mol. The number of methoxy groups -OCH3 is 1. The molecule has 4 aromatic carbocycles. The smallest absolute Gasteiger partial charge is 0.258 e. The number of carbonyl (C=O) groups is 4. The molecule has 3 fully saturated rings. The van der Waals surface area contributed by atoms with E-state index in [9.17, 15) is 37.5 Å². The first-order chi connectivity index (χ1) is 27.1. The van der Waals surface area contributed by atoms with Crippen molar-refractivity contribution in [3.05, 3.63) is 113 Å². The molecule has 290 valence electrons. The minimum Gasteiger partial charge on any atom is -0.508 e. The van der Waals surface area contributed by atoms with Gasteiger partial charge in [0.15, 0.2) is 38.6 Å². The molecular formula is C40H24Cl2F5N3O7. The van der Waals surface area contributed by atoms with Gasteiger partial charge in [-0.2, -0.15) is 0 Å². The number of amides is 4. The number of oxazole rings is 1. The monoisotopic (exact) mass is 823 g/mol. The van der Waals surface area contributed by atoms with Gasteiger partial charge >= 0.3 is 0 Å². The van der Waals surface area contributed by atoms with Crippen LogP contribution in [-0.4, -0.2) is 50.6 Å². The molecule has 5 aromatic rings. The summed E-state index contributed by atoms with van der Waals surface area (Å²) in [5.74, 6) is -22.6. The zero-order chi connectivity index (χ0) is 40.5. The first-order valence-electron chi connectivity index (χ1n) is 17.3. The molecule has 1 saturated carbocycles. The van der Waals surface area contributed by atoms with E-state index in [-0.39, 0.29) is 33.9 Å². The zero-order valence-electron chi connectivity index (χ0n) is 29.0. The number of aromatic nitrogens is 1. The van der Waals surface area contributed by atoms with Crippen molar-refractivity contribution < 1.29 is 55.4 Å². The number of imide groups is 2. The third kappa shape index (κ3) is 4.78. The predicted molar refractivity (Wildman–Crippen MR) is 193 cm³/mol. The van der Waals surface area contributed by atoms with Crippen LogP contribution in [0.15, 0.2) is 82.8 Å². The van der Waals surface area contributed by atoms with Crippen molar-refractivity contribution in [2.24, 2.45) is 17.8 Å². The zero-order valence-corrected chi connectivity index (χ0v) is 30.5.